The summed E-state index contributed by atoms with van der Waals surface area (Å²) in [5, 5.41) is 19.1. The first kappa shape index (κ1) is 14.6. The third-order valence-corrected chi connectivity index (χ3v) is 3.18. The first-order chi connectivity index (χ1) is 9.71. The van der Waals surface area contributed by atoms with E-state index in [2.05, 4.69) is 24.0 Å². The van der Waals surface area contributed by atoms with Crippen molar-refractivity contribution in [1.82, 2.24) is 19.6 Å². The van der Waals surface area contributed by atoms with Crippen LogP contribution in [0.15, 0.2) is 18.6 Å². The molecular weight excluding hydrogens is 256 g/mol. The Kier molecular flexibility index (Phi) is 4.79. The maximum Gasteiger partial charge on any atom is 0.163 e. The Morgan fingerprint density at radius 2 is 1.95 bits per heavy atom. The lowest BCUT2D eigenvalue weighted by molar-refractivity contribution is 0.202. The van der Waals surface area contributed by atoms with Gasteiger partial charge in [0.15, 0.2) is 5.75 Å². The molecule has 2 rings (SSSR count). The third kappa shape index (κ3) is 2.85. The number of aryl methyl sites for hydroxylation is 2. The summed E-state index contributed by atoms with van der Waals surface area (Å²) >= 11 is 0. The van der Waals surface area contributed by atoms with Crippen molar-refractivity contribution in [2.45, 2.75) is 45.9 Å². The fourth-order valence-electron chi connectivity index (χ4n) is 2.23. The van der Waals surface area contributed by atoms with E-state index >= 15 is 0 Å². The van der Waals surface area contributed by atoms with E-state index in [0.29, 0.717) is 11.4 Å². The molecule has 0 aliphatic heterocycles. The van der Waals surface area contributed by atoms with Gasteiger partial charge in [-0.3, -0.25) is 9.36 Å². The zero-order chi connectivity index (χ0) is 14.5. The molecule has 0 amide bonds. The quantitative estimate of drug-likeness (QED) is 0.841. The summed E-state index contributed by atoms with van der Waals surface area (Å²) in [7, 11) is 1.59. The standard InChI is InChI=1S/C14H22N4O2/c1-4-6-17-10-11(8-15-17)14(19)13-12(20-3)9-16-18(13)7-5-2/h8-10,14,19H,4-7H2,1-3H3. The SMILES string of the molecule is CCCn1cc(C(O)c2c(OC)cnn2CCC)cn1. The van der Waals surface area contributed by atoms with Gasteiger partial charge in [0, 0.05) is 24.8 Å². The van der Waals surface area contributed by atoms with Crippen molar-refractivity contribution in [3.63, 3.8) is 0 Å². The van der Waals surface area contributed by atoms with E-state index in [1.807, 2.05) is 10.9 Å². The molecule has 2 heterocycles. The average molecular weight is 278 g/mol. The van der Waals surface area contributed by atoms with E-state index in [4.69, 9.17) is 4.74 Å². The summed E-state index contributed by atoms with van der Waals surface area (Å²) in [5.74, 6) is 0.606. The van der Waals surface area contributed by atoms with Crippen LogP contribution in [0.2, 0.25) is 0 Å². The Morgan fingerprint density at radius 1 is 1.20 bits per heavy atom. The number of hydrogen-bond donors (Lipinski definition) is 1. The Labute approximate surface area is 119 Å². The summed E-state index contributed by atoms with van der Waals surface area (Å²) in [6, 6.07) is 0. The second-order valence-electron chi connectivity index (χ2n) is 4.76. The predicted molar refractivity (Wildman–Crippen MR) is 75.6 cm³/mol. The minimum Gasteiger partial charge on any atom is -0.493 e. The Morgan fingerprint density at radius 3 is 2.60 bits per heavy atom. The van der Waals surface area contributed by atoms with Crippen LogP contribution in [-0.2, 0) is 13.1 Å². The van der Waals surface area contributed by atoms with Crippen molar-refractivity contribution in [2.24, 2.45) is 0 Å². The van der Waals surface area contributed by atoms with Crippen molar-refractivity contribution in [2.75, 3.05) is 7.11 Å². The third-order valence-electron chi connectivity index (χ3n) is 3.18. The molecule has 0 fully saturated rings. The average Bonchev–Trinajstić information content (AvgIpc) is 3.06. The molecule has 0 aliphatic rings. The van der Waals surface area contributed by atoms with Crippen molar-refractivity contribution in [1.29, 1.82) is 0 Å². The van der Waals surface area contributed by atoms with Crippen LogP contribution in [0.1, 0.15) is 44.1 Å². The largest absolute Gasteiger partial charge is 0.493 e. The van der Waals surface area contributed by atoms with Gasteiger partial charge in [0.25, 0.3) is 0 Å². The van der Waals surface area contributed by atoms with E-state index in [9.17, 15) is 5.11 Å². The highest BCUT2D eigenvalue weighted by molar-refractivity contribution is 5.33. The highest BCUT2D eigenvalue weighted by atomic mass is 16.5. The molecule has 0 saturated carbocycles. The van der Waals surface area contributed by atoms with Gasteiger partial charge in [-0.05, 0) is 12.8 Å². The number of hydrogen-bond acceptors (Lipinski definition) is 4. The van der Waals surface area contributed by atoms with Gasteiger partial charge in [-0.15, -0.1) is 0 Å². The van der Waals surface area contributed by atoms with Crippen LogP contribution >= 0.6 is 0 Å². The molecule has 0 aromatic carbocycles. The highest BCUT2D eigenvalue weighted by Gasteiger charge is 2.22. The van der Waals surface area contributed by atoms with Gasteiger partial charge in [-0.2, -0.15) is 10.2 Å². The van der Waals surface area contributed by atoms with Crippen LogP contribution in [-0.4, -0.2) is 31.8 Å². The zero-order valence-electron chi connectivity index (χ0n) is 12.3. The second-order valence-corrected chi connectivity index (χ2v) is 4.76. The monoisotopic (exact) mass is 278 g/mol. The molecule has 0 spiro atoms. The smallest absolute Gasteiger partial charge is 0.163 e. The molecule has 20 heavy (non-hydrogen) atoms. The summed E-state index contributed by atoms with van der Waals surface area (Å²) < 4.78 is 8.93. The fourth-order valence-corrected chi connectivity index (χ4v) is 2.23. The molecule has 6 nitrogen and oxygen atoms in total. The number of aromatic nitrogens is 4. The Balaban J connectivity index is 2.30. The van der Waals surface area contributed by atoms with Crippen LogP contribution < -0.4 is 4.74 Å². The van der Waals surface area contributed by atoms with Crippen molar-refractivity contribution in [3.8, 4) is 5.75 Å². The van der Waals surface area contributed by atoms with Crippen LogP contribution in [0.4, 0.5) is 0 Å². The Bertz CT molecular complexity index is 547. The molecule has 6 heteroatoms. The molecule has 0 radical (unpaired) electrons. The number of aliphatic hydroxyl groups is 1. The molecule has 0 saturated heterocycles. The van der Waals surface area contributed by atoms with Gasteiger partial charge < -0.3 is 9.84 Å². The molecule has 1 unspecified atom stereocenters. The molecule has 2 aromatic rings. The second kappa shape index (κ2) is 6.56. The predicted octanol–water partition coefficient (Wildman–Crippen LogP) is 1.99. The number of nitrogens with zero attached hydrogens (tertiary/aromatic N) is 4. The molecule has 2 aromatic heterocycles. The highest BCUT2D eigenvalue weighted by Crippen LogP contribution is 2.29. The minimum atomic E-state index is -0.774. The van der Waals surface area contributed by atoms with Crippen LogP contribution in [0.25, 0.3) is 0 Å². The van der Waals surface area contributed by atoms with Gasteiger partial charge >= 0.3 is 0 Å². The number of aliphatic hydroxyl groups excluding tert-OH is 1. The van der Waals surface area contributed by atoms with E-state index in [0.717, 1.165) is 31.5 Å². The van der Waals surface area contributed by atoms with Crippen LogP contribution in [0.3, 0.4) is 0 Å². The lowest BCUT2D eigenvalue weighted by Crippen LogP contribution is -2.11. The van der Waals surface area contributed by atoms with Crippen molar-refractivity contribution < 1.29 is 9.84 Å². The Hall–Kier alpha value is -1.82. The van der Waals surface area contributed by atoms with Crippen molar-refractivity contribution >= 4 is 0 Å². The van der Waals surface area contributed by atoms with Gasteiger partial charge in [0.1, 0.15) is 11.8 Å². The maximum absolute atomic E-state index is 10.6. The first-order valence-corrected chi connectivity index (χ1v) is 7.01. The fraction of sp³-hybridized carbons (Fsp3) is 0.571. The van der Waals surface area contributed by atoms with Gasteiger partial charge in [0.05, 0.1) is 19.5 Å². The summed E-state index contributed by atoms with van der Waals surface area (Å²) in [6.45, 7) is 5.76. The van der Waals surface area contributed by atoms with E-state index in [-0.39, 0.29) is 0 Å². The molecule has 1 N–H and O–H groups in total. The first-order valence-electron chi connectivity index (χ1n) is 7.01. The normalized spacial score (nSPS) is 12.6. The minimum absolute atomic E-state index is 0.606. The van der Waals surface area contributed by atoms with Crippen LogP contribution in [0, 0.1) is 0 Å². The molecule has 0 bridgehead atoms. The van der Waals surface area contributed by atoms with Gasteiger partial charge in [0.2, 0.25) is 0 Å². The lowest BCUT2D eigenvalue weighted by atomic mass is 10.1. The van der Waals surface area contributed by atoms with E-state index < -0.39 is 6.10 Å². The summed E-state index contributed by atoms with van der Waals surface area (Å²) in [6.07, 6.45) is 6.39. The van der Waals surface area contributed by atoms with Gasteiger partial charge in [-0.1, -0.05) is 13.8 Å². The zero-order valence-corrected chi connectivity index (χ0v) is 12.3. The number of methoxy groups -OCH3 is 1. The number of ether oxygens (including phenoxy) is 1. The molecular formula is C14H22N4O2. The summed E-state index contributed by atoms with van der Waals surface area (Å²) in [4.78, 5) is 0. The molecule has 1 atom stereocenters. The lowest BCUT2D eigenvalue weighted by Gasteiger charge is -2.13. The number of rotatable bonds is 7. The van der Waals surface area contributed by atoms with Crippen LogP contribution in [0.5, 0.6) is 5.75 Å². The molecule has 0 aliphatic carbocycles. The topological polar surface area (TPSA) is 65.1 Å². The van der Waals surface area contributed by atoms with E-state index in [1.165, 1.54) is 0 Å². The van der Waals surface area contributed by atoms with E-state index in [1.54, 1.807) is 24.2 Å². The van der Waals surface area contributed by atoms with Gasteiger partial charge in [-0.25, -0.2) is 0 Å². The summed E-state index contributed by atoms with van der Waals surface area (Å²) in [5.41, 5.74) is 1.44. The molecule has 110 valence electrons. The van der Waals surface area contributed by atoms with Crippen molar-refractivity contribution in [3.05, 3.63) is 29.8 Å². The maximum atomic E-state index is 10.6.